The Balaban J connectivity index is 1.60. The molecule has 39 heavy (non-hydrogen) atoms. The van der Waals surface area contributed by atoms with Crippen LogP contribution in [0, 0.1) is 27.7 Å². The summed E-state index contributed by atoms with van der Waals surface area (Å²) in [5.41, 5.74) is 9.74. The number of amides is 1. The maximum Gasteiger partial charge on any atom is 0.250 e. The minimum Gasteiger partial charge on any atom is -0.375 e. The Bertz CT molecular complexity index is 1510. The first-order valence-corrected chi connectivity index (χ1v) is 13.4. The first-order valence-electron chi connectivity index (χ1n) is 12.9. The van der Waals surface area contributed by atoms with Gasteiger partial charge in [0.25, 0.3) is 0 Å². The molecule has 0 bridgehead atoms. The molecule has 0 spiro atoms. The van der Waals surface area contributed by atoms with Crippen molar-refractivity contribution in [3.8, 4) is 5.69 Å². The lowest BCUT2D eigenvalue weighted by Gasteiger charge is -2.28. The molecule has 3 heterocycles. The number of benzene rings is 2. The van der Waals surface area contributed by atoms with Crippen molar-refractivity contribution in [3.63, 3.8) is 0 Å². The summed E-state index contributed by atoms with van der Waals surface area (Å²) in [6.07, 6.45) is 1.82. The SMILES string of the molecule is COCC(=O)Nc1ccc(N2C(=S)NC(c3ccccn3)C2c2cc(C)n(-c3cccc(C)c3C)c2C)cc1. The van der Waals surface area contributed by atoms with E-state index in [4.69, 9.17) is 21.9 Å². The number of aromatic nitrogens is 2. The maximum absolute atomic E-state index is 12.0. The van der Waals surface area contributed by atoms with Gasteiger partial charge in [0, 0.05) is 41.8 Å². The monoisotopic (exact) mass is 539 g/mol. The zero-order valence-corrected chi connectivity index (χ0v) is 23.7. The van der Waals surface area contributed by atoms with Crippen LogP contribution >= 0.6 is 12.2 Å². The van der Waals surface area contributed by atoms with Crippen LogP contribution in [0.2, 0.25) is 0 Å². The van der Waals surface area contributed by atoms with Crippen LogP contribution in [0.4, 0.5) is 11.4 Å². The van der Waals surface area contributed by atoms with Crippen molar-refractivity contribution in [1.29, 1.82) is 0 Å². The van der Waals surface area contributed by atoms with Gasteiger partial charge in [0.05, 0.1) is 17.8 Å². The molecule has 1 amide bonds. The minimum absolute atomic E-state index is 0.00570. The number of rotatable bonds is 7. The van der Waals surface area contributed by atoms with E-state index in [2.05, 4.69) is 72.1 Å². The van der Waals surface area contributed by atoms with Gasteiger partial charge in [-0.2, -0.15) is 0 Å². The third-order valence-corrected chi connectivity index (χ3v) is 7.72. The molecule has 2 aromatic heterocycles. The average molecular weight is 540 g/mol. The molecule has 8 heteroatoms. The van der Waals surface area contributed by atoms with E-state index in [9.17, 15) is 4.79 Å². The van der Waals surface area contributed by atoms with E-state index in [1.165, 1.54) is 29.5 Å². The number of aryl methyl sites for hydroxylation is 2. The molecule has 2 N–H and O–H groups in total. The van der Waals surface area contributed by atoms with Crippen molar-refractivity contribution >= 4 is 34.6 Å². The van der Waals surface area contributed by atoms with Gasteiger partial charge in [-0.25, -0.2) is 0 Å². The maximum atomic E-state index is 12.0. The van der Waals surface area contributed by atoms with Crippen molar-refractivity contribution in [2.24, 2.45) is 0 Å². The lowest BCUT2D eigenvalue weighted by molar-refractivity contribution is -0.119. The van der Waals surface area contributed by atoms with Crippen LogP contribution in [0.1, 0.15) is 45.9 Å². The Labute approximate surface area is 234 Å². The highest BCUT2D eigenvalue weighted by molar-refractivity contribution is 7.80. The smallest absolute Gasteiger partial charge is 0.250 e. The Hall–Kier alpha value is -4.01. The molecular formula is C31H33N5O2S. The van der Waals surface area contributed by atoms with Crippen molar-refractivity contribution < 1.29 is 9.53 Å². The number of carbonyl (C=O) groups excluding carboxylic acids is 1. The Morgan fingerprint density at radius 1 is 1.05 bits per heavy atom. The van der Waals surface area contributed by atoms with Crippen LogP contribution in [-0.2, 0) is 9.53 Å². The fraction of sp³-hybridized carbons (Fsp3) is 0.258. The molecule has 1 aliphatic heterocycles. The number of thiocarbonyl (C=S) groups is 1. The van der Waals surface area contributed by atoms with Gasteiger partial charge in [0.2, 0.25) is 5.91 Å². The molecule has 4 aromatic rings. The second-order valence-electron chi connectivity index (χ2n) is 9.91. The predicted octanol–water partition coefficient (Wildman–Crippen LogP) is 5.87. The third-order valence-electron chi connectivity index (χ3n) is 7.41. The highest BCUT2D eigenvalue weighted by atomic mass is 32.1. The number of methoxy groups -OCH3 is 1. The molecule has 2 atom stereocenters. The number of anilines is 2. The van der Waals surface area contributed by atoms with Crippen LogP contribution < -0.4 is 15.5 Å². The van der Waals surface area contributed by atoms with E-state index >= 15 is 0 Å². The van der Waals surface area contributed by atoms with Gasteiger partial charge in [-0.3, -0.25) is 9.78 Å². The summed E-state index contributed by atoms with van der Waals surface area (Å²) in [6, 6.07) is 22.1. The number of nitrogens with zero attached hydrogens (tertiary/aromatic N) is 3. The fourth-order valence-electron chi connectivity index (χ4n) is 5.42. The zero-order chi connectivity index (χ0) is 27.7. The van der Waals surface area contributed by atoms with E-state index in [1.54, 1.807) is 0 Å². The van der Waals surface area contributed by atoms with Gasteiger partial charge in [0.15, 0.2) is 5.11 Å². The molecule has 1 saturated heterocycles. The highest BCUT2D eigenvalue weighted by Gasteiger charge is 2.42. The number of hydrogen-bond acceptors (Lipinski definition) is 4. The highest BCUT2D eigenvalue weighted by Crippen LogP contribution is 2.44. The molecule has 7 nitrogen and oxygen atoms in total. The molecule has 0 saturated carbocycles. The summed E-state index contributed by atoms with van der Waals surface area (Å²) < 4.78 is 7.26. The normalized spacial score (nSPS) is 16.8. The van der Waals surface area contributed by atoms with Crippen molar-refractivity contribution in [2.45, 2.75) is 39.8 Å². The topological polar surface area (TPSA) is 71.4 Å². The molecule has 0 aliphatic carbocycles. The second-order valence-corrected chi connectivity index (χ2v) is 10.3. The Morgan fingerprint density at radius 2 is 1.82 bits per heavy atom. The van der Waals surface area contributed by atoms with E-state index in [0.29, 0.717) is 10.8 Å². The largest absolute Gasteiger partial charge is 0.375 e. The molecule has 200 valence electrons. The molecule has 5 rings (SSSR count). The van der Waals surface area contributed by atoms with Crippen LogP contribution in [0.5, 0.6) is 0 Å². The first kappa shape index (κ1) is 26.6. The van der Waals surface area contributed by atoms with E-state index in [0.717, 1.165) is 22.8 Å². The molecule has 2 aromatic carbocycles. The summed E-state index contributed by atoms with van der Waals surface area (Å²) in [5.74, 6) is -0.199. The van der Waals surface area contributed by atoms with Gasteiger partial charge in [-0.15, -0.1) is 0 Å². The molecular weight excluding hydrogens is 506 g/mol. The molecule has 2 unspecified atom stereocenters. The first-order chi connectivity index (χ1) is 18.8. The van der Waals surface area contributed by atoms with Crippen LogP contribution in [0.15, 0.2) is 72.9 Å². The van der Waals surface area contributed by atoms with Gasteiger partial charge >= 0.3 is 0 Å². The average Bonchev–Trinajstić information content (AvgIpc) is 3.42. The predicted molar refractivity (Wildman–Crippen MR) is 160 cm³/mol. The summed E-state index contributed by atoms with van der Waals surface area (Å²) in [7, 11) is 1.50. The quantitative estimate of drug-likeness (QED) is 0.286. The van der Waals surface area contributed by atoms with Gasteiger partial charge in [-0.1, -0.05) is 18.2 Å². The molecule has 1 aliphatic rings. The van der Waals surface area contributed by atoms with Crippen molar-refractivity contribution in [2.75, 3.05) is 23.9 Å². The molecule has 0 radical (unpaired) electrons. The standard InChI is InChI=1S/C31H33N5O2S/c1-19-9-8-11-27(21(19)3)35-20(2)17-25(22(35)4)30-29(26-10-6-7-16-32-26)34-31(39)36(30)24-14-12-23(13-15-24)33-28(37)18-38-5/h6-17,29-30H,18H2,1-5H3,(H,33,37)(H,34,39). The summed E-state index contributed by atoms with van der Waals surface area (Å²) in [6.45, 7) is 8.65. The van der Waals surface area contributed by atoms with E-state index < -0.39 is 0 Å². The van der Waals surface area contributed by atoms with Gasteiger partial charge in [-0.05, 0) is 105 Å². The number of pyridine rings is 1. The second kappa shape index (κ2) is 11.0. The van der Waals surface area contributed by atoms with Crippen LogP contribution in [0.3, 0.4) is 0 Å². The Kier molecular flexibility index (Phi) is 7.50. The lowest BCUT2D eigenvalue weighted by Crippen LogP contribution is -2.29. The zero-order valence-electron chi connectivity index (χ0n) is 22.9. The number of ether oxygens (including phenoxy) is 1. The van der Waals surface area contributed by atoms with Crippen molar-refractivity contribution in [3.05, 3.63) is 107 Å². The summed E-state index contributed by atoms with van der Waals surface area (Å²) >= 11 is 5.92. The summed E-state index contributed by atoms with van der Waals surface area (Å²) in [5, 5.41) is 7.03. The number of hydrogen-bond donors (Lipinski definition) is 2. The Morgan fingerprint density at radius 3 is 2.51 bits per heavy atom. The van der Waals surface area contributed by atoms with Crippen LogP contribution in [-0.4, -0.2) is 34.3 Å². The number of carbonyl (C=O) groups is 1. The number of nitrogens with one attached hydrogen (secondary N) is 2. The van der Waals surface area contributed by atoms with Crippen molar-refractivity contribution in [1.82, 2.24) is 14.9 Å². The minimum atomic E-state index is -0.199. The van der Waals surface area contributed by atoms with E-state index in [-0.39, 0.29) is 24.6 Å². The molecule has 1 fully saturated rings. The third kappa shape index (κ3) is 5.05. The van der Waals surface area contributed by atoms with Gasteiger partial charge < -0.3 is 24.8 Å². The summed E-state index contributed by atoms with van der Waals surface area (Å²) in [4.78, 5) is 18.8. The fourth-order valence-corrected chi connectivity index (χ4v) is 5.76. The van der Waals surface area contributed by atoms with E-state index in [1.807, 2.05) is 48.7 Å². The van der Waals surface area contributed by atoms with Crippen LogP contribution in [0.25, 0.3) is 5.69 Å². The van der Waals surface area contributed by atoms with Gasteiger partial charge in [0.1, 0.15) is 6.61 Å². The lowest BCUT2D eigenvalue weighted by atomic mass is 9.96.